The molecule has 0 spiro atoms. The van der Waals surface area contributed by atoms with Gasteiger partial charge in [0.05, 0.1) is 19.3 Å². The van der Waals surface area contributed by atoms with Crippen LogP contribution in [0.15, 0.2) is 42.5 Å². The summed E-state index contributed by atoms with van der Waals surface area (Å²) in [4.78, 5) is 25.8. The third-order valence-corrected chi connectivity index (χ3v) is 4.26. The van der Waals surface area contributed by atoms with E-state index in [1.807, 2.05) is 37.3 Å². The Morgan fingerprint density at radius 3 is 2.08 bits per heavy atom. The standard InChI is InChI=1S/C19H24O5/c1-5-15-13(4)19(17(20)22-6-2,18(21)23-7-3)16(24-15)14-11-9-8-10-12-14/h8-12,15-16H,4-7H2,1-3H3. The van der Waals surface area contributed by atoms with E-state index in [9.17, 15) is 9.59 Å². The van der Waals surface area contributed by atoms with E-state index >= 15 is 0 Å². The Kier molecular flexibility index (Phi) is 5.78. The Morgan fingerprint density at radius 1 is 1.08 bits per heavy atom. The molecule has 0 saturated carbocycles. The van der Waals surface area contributed by atoms with Crippen molar-refractivity contribution in [2.24, 2.45) is 5.41 Å². The Hall–Kier alpha value is -2.14. The molecule has 0 bridgehead atoms. The molecule has 1 saturated heterocycles. The zero-order valence-electron chi connectivity index (χ0n) is 14.4. The third-order valence-electron chi connectivity index (χ3n) is 4.26. The number of hydrogen-bond donors (Lipinski definition) is 0. The summed E-state index contributed by atoms with van der Waals surface area (Å²) in [5, 5.41) is 0. The van der Waals surface area contributed by atoms with Crippen molar-refractivity contribution >= 4 is 11.9 Å². The fraction of sp³-hybridized carbons (Fsp3) is 0.474. The van der Waals surface area contributed by atoms with Crippen LogP contribution in [0.2, 0.25) is 0 Å². The zero-order valence-corrected chi connectivity index (χ0v) is 14.4. The highest BCUT2D eigenvalue weighted by atomic mass is 16.6. The predicted octanol–water partition coefficient (Wildman–Crippen LogP) is 3.21. The molecule has 1 aromatic carbocycles. The Balaban J connectivity index is 2.62. The van der Waals surface area contributed by atoms with Crippen LogP contribution in [0.4, 0.5) is 0 Å². The second-order valence-electron chi connectivity index (χ2n) is 5.60. The van der Waals surface area contributed by atoms with E-state index in [1.54, 1.807) is 13.8 Å². The predicted molar refractivity (Wildman–Crippen MR) is 89.2 cm³/mol. The molecule has 24 heavy (non-hydrogen) atoms. The summed E-state index contributed by atoms with van der Waals surface area (Å²) in [5.74, 6) is -1.34. The van der Waals surface area contributed by atoms with Gasteiger partial charge in [-0.1, -0.05) is 43.8 Å². The van der Waals surface area contributed by atoms with E-state index < -0.39 is 29.6 Å². The number of benzene rings is 1. The van der Waals surface area contributed by atoms with Gasteiger partial charge in [-0.2, -0.15) is 0 Å². The smallest absolute Gasteiger partial charge is 0.330 e. The first-order valence-corrected chi connectivity index (χ1v) is 8.28. The van der Waals surface area contributed by atoms with E-state index in [-0.39, 0.29) is 13.2 Å². The summed E-state index contributed by atoms with van der Waals surface area (Å²) in [6, 6.07) is 9.18. The van der Waals surface area contributed by atoms with Gasteiger partial charge in [-0.25, -0.2) is 0 Å². The van der Waals surface area contributed by atoms with Gasteiger partial charge in [0.25, 0.3) is 0 Å². The summed E-state index contributed by atoms with van der Waals surface area (Å²) in [6.07, 6.45) is -0.624. The van der Waals surface area contributed by atoms with Crippen molar-refractivity contribution in [3.8, 4) is 0 Å². The number of hydrogen-bond acceptors (Lipinski definition) is 5. The van der Waals surface area contributed by atoms with Gasteiger partial charge in [0.15, 0.2) is 0 Å². The molecule has 130 valence electrons. The van der Waals surface area contributed by atoms with Crippen molar-refractivity contribution in [2.75, 3.05) is 13.2 Å². The highest BCUT2D eigenvalue weighted by Gasteiger charge is 2.64. The highest BCUT2D eigenvalue weighted by Crippen LogP contribution is 2.53. The van der Waals surface area contributed by atoms with Gasteiger partial charge >= 0.3 is 11.9 Å². The van der Waals surface area contributed by atoms with Crippen LogP contribution in [-0.4, -0.2) is 31.3 Å². The molecule has 0 aromatic heterocycles. The van der Waals surface area contributed by atoms with Crippen LogP contribution in [0.25, 0.3) is 0 Å². The minimum Gasteiger partial charge on any atom is -0.465 e. The fourth-order valence-corrected chi connectivity index (χ4v) is 3.12. The Bertz CT molecular complexity index is 589. The van der Waals surface area contributed by atoms with Crippen LogP contribution in [-0.2, 0) is 23.8 Å². The summed E-state index contributed by atoms with van der Waals surface area (Å²) < 4.78 is 16.5. The van der Waals surface area contributed by atoms with Crippen LogP contribution in [0, 0.1) is 5.41 Å². The zero-order chi connectivity index (χ0) is 17.7. The summed E-state index contributed by atoms with van der Waals surface area (Å²) in [6.45, 7) is 9.65. The maximum absolute atomic E-state index is 12.9. The maximum atomic E-state index is 12.9. The van der Waals surface area contributed by atoms with Gasteiger partial charge in [-0.15, -0.1) is 0 Å². The molecule has 1 heterocycles. The minimum absolute atomic E-state index is 0.158. The quantitative estimate of drug-likeness (QED) is 0.455. The maximum Gasteiger partial charge on any atom is 0.330 e. The SMILES string of the molecule is C=C1C(CC)OC(c2ccccc2)C1(C(=O)OCC)C(=O)OCC. The van der Waals surface area contributed by atoms with Crippen LogP contribution >= 0.6 is 0 Å². The number of carbonyl (C=O) groups excluding carboxylic acids is 2. The first kappa shape index (κ1) is 18.2. The molecule has 1 aromatic rings. The normalized spacial score (nSPS) is 22.2. The molecular formula is C19H24O5. The second-order valence-corrected chi connectivity index (χ2v) is 5.60. The summed E-state index contributed by atoms with van der Waals surface area (Å²) in [7, 11) is 0. The van der Waals surface area contributed by atoms with Gasteiger partial charge in [0.2, 0.25) is 5.41 Å². The first-order chi connectivity index (χ1) is 11.5. The van der Waals surface area contributed by atoms with E-state index in [2.05, 4.69) is 6.58 Å². The molecule has 2 unspecified atom stereocenters. The number of ether oxygens (including phenoxy) is 3. The Labute approximate surface area is 142 Å². The summed E-state index contributed by atoms with van der Waals surface area (Å²) in [5.41, 5.74) is -0.555. The summed E-state index contributed by atoms with van der Waals surface area (Å²) >= 11 is 0. The van der Waals surface area contributed by atoms with Crippen molar-refractivity contribution in [2.45, 2.75) is 39.4 Å². The minimum atomic E-state index is -1.67. The average Bonchev–Trinajstić information content (AvgIpc) is 2.89. The fourth-order valence-electron chi connectivity index (χ4n) is 3.12. The first-order valence-electron chi connectivity index (χ1n) is 8.28. The van der Waals surface area contributed by atoms with Crippen molar-refractivity contribution in [1.29, 1.82) is 0 Å². The lowest BCUT2D eigenvalue weighted by atomic mass is 9.73. The second kappa shape index (κ2) is 7.62. The largest absolute Gasteiger partial charge is 0.465 e. The molecule has 2 rings (SSSR count). The molecule has 0 aliphatic carbocycles. The van der Waals surface area contributed by atoms with E-state index in [0.717, 1.165) is 5.56 Å². The molecular weight excluding hydrogens is 308 g/mol. The molecule has 0 N–H and O–H groups in total. The van der Waals surface area contributed by atoms with E-state index in [4.69, 9.17) is 14.2 Å². The lowest BCUT2D eigenvalue weighted by Gasteiger charge is -2.30. The lowest BCUT2D eigenvalue weighted by Crippen LogP contribution is -2.45. The molecule has 0 amide bonds. The molecule has 2 atom stereocenters. The van der Waals surface area contributed by atoms with Crippen LogP contribution in [0.1, 0.15) is 38.9 Å². The third kappa shape index (κ3) is 2.84. The van der Waals surface area contributed by atoms with E-state index in [1.165, 1.54) is 0 Å². The molecule has 5 nitrogen and oxygen atoms in total. The molecule has 0 radical (unpaired) electrons. The average molecular weight is 332 g/mol. The van der Waals surface area contributed by atoms with Crippen molar-refractivity contribution in [3.63, 3.8) is 0 Å². The van der Waals surface area contributed by atoms with Crippen LogP contribution in [0.3, 0.4) is 0 Å². The highest BCUT2D eigenvalue weighted by molar-refractivity contribution is 6.05. The molecule has 5 heteroatoms. The van der Waals surface area contributed by atoms with Crippen LogP contribution in [0.5, 0.6) is 0 Å². The van der Waals surface area contributed by atoms with Gasteiger partial charge in [0.1, 0.15) is 6.10 Å². The monoisotopic (exact) mass is 332 g/mol. The van der Waals surface area contributed by atoms with E-state index in [0.29, 0.717) is 12.0 Å². The topological polar surface area (TPSA) is 61.8 Å². The number of carbonyl (C=O) groups is 2. The molecule has 1 aliphatic rings. The molecule has 1 fully saturated rings. The van der Waals surface area contributed by atoms with Crippen molar-refractivity contribution in [3.05, 3.63) is 48.0 Å². The van der Waals surface area contributed by atoms with Gasteiger partial charge in [0, 0.05) is 0 Å². The van der Waals surface area contributed by atoms with Crippen molar-refractivity contribution < 1.29 is 23.8 Å². The van der Waals surface area contributed by atoms with Crippen LogP contribution < -0.4 is 0 Å². The number of esters is 2. The van der Waals surface area contributed by atoms with Crippen molar-refractivity contribution in [1.82, 2.24) is 0 Å². The molecule has 1 aliphatic heterocycles. The Morgan fingerprint density at radius 2 is 1.62 bits per heavy atom. The van der Waals surface area contributed by atoms with Gasteiger partial charge < -0.3 is 14.2 Å². The lowest BCUT2D eigenvalue weighted by molar-refractivity contribution is -0.174. The van der Waals surface area contributed by atoms with Gasteiger partial charge in [-0.3, -0.25) is 9.59 Å². The number of rotatable bonds is 6. The van der Waals surface area contributed by atoms with Gasteiger partial charge in [-0.05, 0) is 31.4 Å².